The second-order valence-electron chi connectivity index (χ2n) is 7.27. The Morgan fingerprint density at radius 3 is 2.93 bits per heavy atom. The monoisotopic (exact) mass is 374 g/mol. The second kappa shape index (κ2) is 8.97. The Balaban J connectivity index is 1.52. The van der Waals surface area contributed by atoms with Crippen LogP contribution in [0, 0.1) is 5.92 Å². The van der Waals surface area contributed by atoms with Crippen molar-refractivity contribution in [3.63, 3.8) is 0 Å². The second-order valence-corrected chi connectivity index (χ2v) is 7.27. The molecule has 1 saturated heterocycles. The summed E-state index contributed by atoms with van der Waals surface area (Å²) in [5.41, 5.74) is 1.17. The molecule has 2 N–H and O–H groups in total. The van der Waals surface area contributed by atoms with Gasteiger partial charge in [0.15, 0.2) is 17.5 Å². The number of carbonyl (C=O) groups is 1. The number of nitrogens with one attached hydrogen (secondary N) is 2. The third-order valence-corrected chi connectivity index (χ3v) is 4.79. The highest BCUT2D eigenvalue weighted by Gasteiger charge is 2.27. The van der Waals surface area contributed by atoms with E-state index in [9.17, 15) is 4.79 Å². The van der Waals surface area contributed by atoms with Gasteiger partial charge in [0.1, 0.15) is 0 Å². The van der Waals surface area contributed by atoms with Crippen LogP contribution in [0.4, 0.5) is 0 Å². The molecule has 1 fully saturated rings. The summed E-state index contributed by atoms with van der Waals surface area (Å²) in [6.45, 7) is 9.28. The van der Waals surface area contributed by atoms with E-state index in [1.54, 1.807) is 0 Å². The Bertz CT molecular complexity index is 690. The highest BCUT2D eigenvalue weighted by molar-refractivity contribution is 5.81. The zero-order valence-electron chi connectivity index (χ0n) is 16.5. The van der Waals surface area contributed by atoms with Crippen LogP contribution in [0.2, 0.25) is 0 Å². The zero-order chi connectivity index (χ0) is 19.2. The van der Waals surface area contributed by atoms with E-state index in [-0.39, 0.29) is 17.9 Å². The average Bonchev–Trinajstić information content (AvgIpc) is 3.30. The largest absolute Gasteiger partial charge is 0.454 e. The first-order valence-electron chi connectivity index (χ1n) is 9.79. The van der Waals surface area contributed by atoms with Gasteiger partial charge in [-0.1, -0.05) is 19.9 Å². The van der Waals surface area contributed by atoms with Gasteiger partial charge in [-0.25, -0.2) is 0 Å². The summed E-state index contributed by atoms with van der Waals surface area (Å²) in [7, 11) is 0. The van der Waals surface area contributed by atoms with Crippen LogP contribution in [0.25, 0.3) is 0 Å². The van der Waals surface area contributed by atoms with Gasteiger partial charge in [0.05, 0.1) is 0 Å². The maximum atomic E-state index is 12.1. The molecule has 0 spiro atoms. The van der Waals surface area contributed by atoms with Gasteiger partial charge in [-0.15, -0.1) is 0 Å². The lowest BCUT2D eigenvalue weighted by atomic mass is 10.1. The quantitative estimate of drug-likeness (QED) is 0.586. The lowest BCUT2D eigenvalue weighted by Gasteiger charge is -2.20. The number of likely N-dealkylation sites (tertiary alicyclic amines) is 1. The highest BCUT2D eigenvalue weighted by Crippen LogP contribution is 2.32. The van der Waals surface area contributed by atoms with Crippen molar-refractivity contribution >= 4 is 11.9 Å². The molecule has 27 heavy (non-hydrogen) atoms. The van der Waals surface area contributed by atoms with E-state index in [2.05, 4.69) is 28.6 Å². The number of carbonyl (C=O) groups excluding carboxylic acids is 1. The van der Waals surface area contributed by atoms with Crippen molar-refractivity contribution in [2.75, 3.05) is 33.0 Å². The van der Waals surface area contributed by atoms with Crippen LogP contribution in [0.15, 0.2) is 23.2 Å². The van der Waals surface area contributed by atoms with Crippen LogP contribution in [0.1, 0.15) is 32.8 Å². The molecule has 7 heteroatoms. The molecule has 7 nitrogen and oxygen atoms in total. The Hall–Kier alpha value is -2.44. The van der Waals surface area contributed by atoms with Gasteiger partial charge in [0.25, 0.3) is 0 Å². The predicted molar refractivity (Wildman–Crippen MR) is 105 cm³/mol. The molecule has 2 aliphatic heterocycles. The van der Waals surface area contributed by atoms with Crippen molar-refractivity contribution in [3.05, 3.63) is 23.8 Å². The average molecular weight is 374 g/mol. The number of guanidine groups is 1. The molecule has 1 aromatic rings. The summed E-state index contributed by atoms with van der Waals surface area (Å²) < 4.78 is 10.8. The maximum absolute atomic E-state index is 12.1. The minimum absolute atomic E-state index is 0.0485. The number of rotatable bonds is 6. The maximum Gasteiger partial charge on any atom is 0.231 e. The van der Waals surface area contributed by atoms with Gasteiger partial charge >= 0.3 is 0 Å². The molecule has 3 rings (SSSR count). The molecular weight excluding hydrogens is 344 g/mol. The molecule has 1 atom stereocenters. The third kappa shape index (κ3) is 5.05. The fourth-order valence-electron chi connectivity index (χ4n) is 3.35. The first kappa shape index (κ1) is 19.3. The van der Waals surface area contributed by atoms with Crippen LogP contribution in [0.5, 0.6) is 11.5 Å². The van der Waals surface area contributed by atoms with Crippen LogP contribution in [0.3, 0.4) is 0 Å². The van der Waals surface area contributed by atoms with Gasteiger partial charge in [0, 0.05) is 38.1 Å². The number of fused-ring (bicyclic) bond motifs is 1. The van der Waals surface area contributed by atoms with Gasteiger partial charge in [-0.2, -0.15) is 0 Å². The van der Waals surface area contributed by atoms with E-state index in [1.165, 1.54) is 5.56 Å². The van der Waals surface area contributed by atoms with Gasteiger partial charge in [-0.3, -0.25) is 9.79 Å². The molecule has 148 valence electrons. The van der Waals surface area contributed by atoms with E-state index in [1.807, 2.05) is 30.9 Å². The third-order valence-electron chi connectivity index (χ3n) is 4.79. The number of hydrogen-bond acceptors (Lipinski definition) is 4. The summed E-state index contributed by atoms with van der Waals surface area (Å²) in [5.74, 6) is 2.69. The van der Waals surface area contributed by atoms with Crippen molar-refractivity contribution in [1.29, 1.82) is 0 Å². The number of aliphatic imine (C=N–C) groups is 1. The molecule has 1 amide bonds. The van der Waals surface area contributed by atoms with Crippen LogP contribution < -0.4 is 20.1 Å². The van der Waals surface area contributed by atoms with Crippen molar-refractivity contribution < 1.29 is 14.3 Å². The Kier molecular flexibility index (Phi) is 6.42. The molecular formula is C20H30N4O3. The standard InChI is InChI=1S/C20H30N4O3/c1-4-21-20(23-16-8-10-24(12-16)19(25)14(2)3)22-9-7-15-5-6-17-18(11-15)27-13-26-17/h5-6,11,14,16H,4,7-10,12-13H2,1-3H3,(H2,21,22,23). The molecule has 1 unspecified atom stereocenters. The van der Waals surface area contributed by atoms with Crippen molar-refractivity contribution in [2.45, 2.75) is 39.7 Å². The Morgan fingerprint density at radius 1 is 1.33 bits per heavy atom. The smallest absolute Gasteiger partial charge is 0.231 e. The van der Waals surface area contributed by atoms with Gasteiger partial charge < -0.3 is 25.0 Å². The van der Waals surface area contributed by atoms with Crippen LogP contribution in [-0.4, -0.2) is 55.8 Å². The Labute approximate surface area is 161 Å². The fraction of sp³-hybridized carbons (Fsp3) is 0.600. The van der Waals surface area contributed by atoms with Gasteiger partial charge in [0.2, 0.25) is 12.7 Å². The molecule has 0 radical (unpaired) electrons. The topological polar surface area (TPSA) is 75.2 Å². The molecule has 0 saturated carbocycles. The molecule has 0 bridgehead atoms. The van der Waals surface area contributed by atoms with Gasteiger partial charge in [-0.05, 0) is 37.5 Å². The number of nitrogens with zero attached hydrogens (tertiary/aromatic N) is 2. The first-order chi connectivity index (χ1) is 13.1. The lowest BCUT2D eigenvalue weighted by Crippen LogP contribution is -2.45. The van der Waals surface area contributed by atoms with Crippen molar-refractivity contribution in [3.8, 4) is 11.5 Å². The van der Waals surface area contributed by atoms with E-state index in [0.29, 0.717) is 13.3 Å². The first-order valence-corrected chi connectivity index (χ1v) is 9.79. The molecule has 0 aliphatic carbocycles. The number of ether oxygens (including phenoxy) is 2. The van der Waals surface area contributed by atoms with E-state index in [4.69, 9.17) is 9.47 Å². The SMILES string of the molecule is CCNC(=NCCc1ccc2c(c1)OCO2)NC1CCN(C(=O)C(C)C)C1. The number of benzene rings is 1. The summed E-state index contributed by atoms with van der Waals surface area (Å²) >= 11 is 0. The van der Waals surface area contributed by atoms with E-state index < -0.39 is 0 Å². The highest BCUT2D eigenvalue weighted by atomic mass is 16.7. The predicted octanol–water partition coefficient (Wildman–Crippen LogP) is 1.77. The lowest BCUT2D eigenvalue weighted by molar-refractivity contribution is -0.133. The number of amides is 1. The Morgan fingerprint density at radius 2 is 2.15 bits per heavy atom. The zero-order valence-corrected chi connectivity index (χ0v) is 16.5. The molecule has 1 aromatic carbocycles. The van der Waals surface area contributed by atoms with Crippen molar-refractivity contribution in [2.24, 2.45) is 10.9 Å². The fourth-order valence-corrected chi connectivity index (χ4v) is 3.35. The summed E-state index contributed by atoms with van der Waals surface area (Å²) in [6, 6.07) is 6.26. The molecule has 2 aliphatic rings. The summed E-state index contributed by atoms with van der Waals surface area (Å²) in [4.78, 5) is 18.8. The normalized spacial score (nSPS) is 18.9. The van der Waals surface area contributed by atoms with Crippen LogP contribution >= 0.6 is 0 Å². The van der Waals surface area contributed by atoms with Crippen LogP contribution in [-0.2, 0) is 11.2 Å². The number of hydrogen-bond donors (Lipinski definition) is 2. The van der Waals surface area contributed by atoms with Crippen molar-refractivity contribution in [1.82, 2.24) is 15.5 Å². The summed E-state index contributed by atoms with van der Waals surface area (Å²) in [5, 5.41) is 6.76. The molecule has 0 aromatic heterocycles. The minimum Gasteiger partial charge on any atom is -0.454 e. The van der Waals surface area contributed by atoms with E-state index in [0.717, 1.165) is 49.9 Å². The minimum atomic E-state index is 0.0485. The summed E-state index contributed by atoms with van der Waals surface area (Å²) in [6.07, 6.45) is 1.78. The molecule has 2 heterocycles. The van der Waals surface area contributed by atoms with E-state index >= 15 is 0 Å².